The number of aliphatic hydroxyl groups is 1. The number of thioether (sulfide) groups is 1. The molecule has 0 bridgehead atoms. The van der Waals surface area contributed by atoms with Crippen molar-refractivity contribution in [2.75, 3.05) is 12.4 Å². The predicted octanol–water partition coefficient (Wildman–Crippen LogP) is 2.71. The highest BCUT2D eigenvalue weighted by molar-refractivity contribution is 7.99. The van der Waals surface area contributed by atoms with Crippen molar-refractivity contribution in [1.29, 1.82) is 0 Å². The summed E-state index contributed by atoms with van der Waals surface area (Å²) in [6, 6.07) is 10.3. The maximum Gasteiger partial charge on any atom is 0.0835 e. The number of aliphatic hydroxyl groups excluding tert-OH is 1. The molecule has 0 spiro atoms. The summed E-state index contributed by atoms with van der Waals surface area (Å²) in [5.41, 5.74) is 0. The van der Waals surface area contributed by atoms with Crippen LogP contribution >= 0.6 is 11.8 Å². The molecule has 1 fully saturated rings. The minimum Gasteiger partial charge on any atom is -0.390 e. The average molecular weight is 238 g/mol. The van der Waals surface area contributed by atoms with Gasteiger partial charge in [-0.25, -0.2) is 0 Å². The van der Waals surface area contributed by atoms with E-state index in [1.807, 2.05) is 18.2 Å². The van der Waals surface area contributed by atoms with E-state index in [1.165, 1.54) is 4.90 Å². The van der Waals surface area contributed by atoms with Crippen LogP contribution in [0.4, 0.5) is 0 Å². The predicted molar refractivity (Wildman–Crippen MR) is 66.8 cm³/mol. The van der Waals surface area contributed by atoms with E-state index in [0.717, 1.165) is 31.6 Å². The van der Waals surface area contributed by atoms with Crippen LogP contribution in [0.5, 0.6) is 0 Å². The van der Waals surface area contributed by atoms with Crippen LogP contribution in [-0.2, 0) is 4.74 Å². The summed E-state index contributed by atoms with van der Waals surface area (Å²) in [4.78, 5) is 1.27. The Morgan fingerprint density at radius 1 is 1.38 bits per heavy atom. The van der Waals surface area contributed by atoms with Crippen molar-refractivity contribution in [2.24, 2.45) is 0 Å². The van der Waals surface area contributed by atoms with Crippen LogP contribution in [-0.4, -0.2) is 29.7 Å². The van der Waals surface area contributed by atoms with Gasteiger partial charge in [0.25, 0.3) is 0 Å². The van der Waals surface area contributed by atoms with Crippen LogP contribution in [0.3, 0.4) is 0 Å². The largest absolute Gasteiger partial charge is 0.390 e. The first-order chi connectivity index (χ1) is 7.86. The lowest BCUT2D eigenvalue weighted by atomic mass is 10.1. The van der Waals surface area contributed by atoms with Gasteiger partial charge >= 0.3 is 0 Å². The van der Waals surface area contributed by atoms with Crippen LogP contribution in [0.25, 0.3) is 0 Å². The van der Waals surface area contributed by atoms with E-state index in [0.29, 0.717) is 0 Å². The summed E-state index contributed by atoms with van der Waals surface area (Å²) in [7, 11) is 0. The zero-order chi connectivity index (χ0) is 11.2. The Balaban J connectivity index is 1.67. The van der Waals surface area contributed by atoms with E-state index in [-0.39, 0.29) is 12.2 Å². The fraction of sp³-hybridized carbons (Fsp3) is 0.538. The maximum atomic E-state index is 9.89. The molecular formula is C13H18O2S. The van der Waals surface area contributed by atoms with Crippen molar-refractivity contribution in [3.05, 3.63) is 30.3 Å². The average Bonchev–Trinajstić information content (AvgIpc) is 2.84. The Labute approximate surface area is 101 Å². The monoisotopic (exact) mass is 238 g/mol. The third-order valence-corrected chi connectivity index (χ3v) is 3.86. The van der Waals surface area contributed by atoms with Crippen LogP contribution in [0.2, 0.25) is 0 Å². The van der Waals surface area contributed by atoms with Crippen molar-refractivity contribution < 1.29 is 9.84 Å². The molecule has 88 valence electrons. The number of hydrogen-bond donors (Lipinski definition) is 1. The second kappa shape index (κ2) is 6.28. The molecule has 1 aliphatic rings. The van der Waals surface area contributed by atoms with Crippen molar-refractivity contribution in [1.82, 2.24) is 0 Å². The molecular weight excluding hydrogens is 220 g/mol. The first-order valence-electron chi connectivity index (χ1n) is 5.84. The topological polar surface area (TPSA) is 29.5 Å². The maximum absolute atomic E-state index is 9.89. The molecule has 1 aromatic rings. The highest BCUT2D eigenvalue weighted by Crippen LogP contribution is 2.22. The van der Waals surface area contributed by atoms with E-state index < -0.39 is 0 Å². The Morgan fingerprint density at radius 2 is 2.19 bits per heavy atom. The summed E-state index contributed by atoms with van der Waals surface area (Å²) in [5.74, 6) is 0.949. The molecule has 0 aromatic heterocycles. The second-order valence-electron chi connectivity index (χ2n) is 4.07. The first kappa shape index (κ1) is 12.0. The van der Waals surface area contributed by atoms with Crippen LogP contribution in [0.15, 0.2) is 35.2 Å². The molecule has 0 unspecified atom stereocenters. The van der Waals surface area contributed by atoms with Gasteiger partial charge in [0, 0.05) is 17.3 Å². The molecule has 0 amide bonds. The molecule has 0 saturated carbocycles. The van der Waals surface area contributed by atoms with E-state index in [2.05, 4.69) is 12.1 Å². The fourth-order valence-electron chi connectivity index (χ4n) is 1.91. The SMILES string of the molecule is O[C@H](CCSc1ccccc1)[C@@H]1CCCO1. The van der Waals surface area contributed by atoms with Gasteiger partial charge in [0.15, 0.2) is 0 Å². The van der Waals surface area contributed by atoms with Crippen LogP contribution in [0, 0.1) is 0 Å². The van der Waals surface area contributed by atoms with E-state index in [4.69, 9.17) is 4.74 Å². The van der Waals surface area contributed by atoms with E-state index in [9.17, 15) is 5.11 Å². The summed E-state index contributed by atoms with van der Waals surface area (Å²) in [5, 5.41) is 9.89. The molecule has 1 heterocycles. The molecule has 1 N–H and O–H groups in total. The molecule has 3 heteroatoms. The van der Waals surface area contributed by atoms with Gasteiger partial charge in [0.2, 0.25) is 0 Å². The lowest BCUT2D eigenvalue weighted by molar-refractivity contribution is -0.00221. The van der Waals surface area contributed by atoms with Crippen LogP contribution in [0.1, 0.15) is 19.3 Å². The van der Waals surface area contributed by atoms with Gasteiger partial charge in [-0.05, 0) is 31.4 Å². The lowest BCUT2D eigenvalue weighted by Gasteiger charge is -2.16. The van der Waals surface area contributed by atoms with Gasteiger partial charge in [-0.1, -0.05) is 18.2 Å². The summed E-state index contributed by atoms with van der Waals surface area (Å²) in [6.45, 7) is 0.813. The van der Waals surface area contributed by atoms with Gasteiger partial charge in [0.05, 0.1) is 12.2 Å². The fourth-order valence-corrected chi connectivity index (χ4v) is 2.85. The highest BCUT2D eigenvalue weighted by Gasteiger charge is 2.23. The number of benzene rings is 1. The van der Waals surface area contributed by atoms with Gasteiger partial charge < -0.3 is 9.84 Å². The third-order valence-electron chi connectivity index (χ3n) is 2.82. The molecule has 2 atom stereocenters. The minimum absolute atomic E-state index is 0.0800. The van der Waals surface area contributed by atoms with Crippen LogP contribution < -0.4 is 0 Å². The van der Waals surface area contributed by atoms with Gasteiger partial charge in [-0.3, -0.25) is 0 Å². The molecule has 2 nitrogen and oxygen atoms in total. The van der Waals surface area contributed by atoms with Gasteiger partial charge in [0.1, 0.15) is 0 Å². The number of ether oxygens (including phenoxy) is 1. The molecule has 16 heavy (non-hydrogen) atoms. The highest BCUT2D eigenvalue weighted by atomic mass is 32.2. The molecule has 1 saturated heterocycles. The smallest absolute Gasteiger partial charge is 0.0835 e. The summed E-state index contributed by atoms with van der Waals surface area (Å²) < 4.78 is 5.46. The minimum atomic E-state index is -0.293. The molecule has 1 aromatic carbocycles. The number of rotatable bonds is 5. The number of hydrogen-bond acceptors (Lipinski definition) is 3. The lowest BCUT2D eigenvalue weighted by Crippen LogP contribution is -2.25. The molecule has 1 aliphatic heterocycles. The quantitative estimate of drug-likeness (QED) is 0.800. The Bertz CT molecular complexity index is 296. The van der Waals surface area contributed by atoms with Gasteiger partial charge in [-0.15, -0.1) is 11.8 Å². The van der Waals surface area contributed by atoms with E-state index >= 15 is 0 Å². The third kappa shape index (κ3) is 3.51. The summed E-state index contributed by atoms with van der Waals surface area (Å²) >= 11 is 1.79. The zero-order valence-electron chi connectivity index (χ0n) is 9.34. The first-order valence-corrected chi connectivity index (χ1v) is 6.82. The normalized spacial score (nSPS) is 22.2. The van der Waals surface area contributed by atoms with Crippen molar-refractivity contribution >= 4 is 11.8 Å². The standard InChI is InChI=1S/C13H18O2S/c14-12(13-7-4-9-15-13)8-10-16-11-5-2-1-3-6-11/h1-3,5-6,12-14H,4,7-10H2/t12-,13+/m1/s1. The molecule has 0 radical (unpaired) electrons. The van der Waals surface area contributed by atoms with Gasteiger partial charge in [-0.2, -0.15) is 0 Å². The Kier molecular flexibility index (Phi) is 4.69. The Morgan fingerprint density at radius 3 is 2.88 bits per heavy atom. The van der Waals surface area contributed by atoms with E-state index in [1.54, 1.807) is 11.8 Å². The molecule has 0 aliphatic carbocycles. The van der Waals surface area contributed by atoms with Crippen molar-refractivity contribution in [2.45, 2.75) is 36.4 Å². The summed E-state index contributed by atoms with van der Waals surface area (Å²) in [6.07, 6.45) is 2.70. The zero-order valence-corrected chi connectivity index (χ0v) is 10.2. The Hall–Kier alpha value is -0.510. The van der Waals surface area contributed by atoms with Crippen molar-refractivity contribution in [3.8, 4) is 0 Å². The second-order valence-corrected chi connectivity index (χ2v) is 5.24. The van der Waals surface area contributed by atoms with Crippen molar-refractivity contribution in [3.63, 3.8) is 0 Å². The molecule has 2 rings (SSSR count).